The van der Waals surface area contributed by atoms with Gasteiger partial charge in [-0.1, -0.05) is 19.1 Å². The Bertz CT molecular complexity index is 908. The van der Waals surface area contributed by atoms with E-state index in [0.29, 0.717) is 11.1 Å². The molecular weight excluding hydrogens is 350 g/mol. The van der Waals surface area contributed by atoms with Crippen molar-refractivity contribution in [2.75, 3.05) is 23.3 Å². The first-order valence-electron chi connectivity index (χ1n) is 10.2. The van der Waals surface area contributed by atoms with Crippen molar-refractivity contribution in [3.05, 3.63) is 59.2 Å². The van der Waals surface area contributed by atoms with Crippen LogP contribution in [0.2, 0.25) is 0 Å². The Hall–Kier alpha value is -2.82. The number of rotatable bonds is 4. The summed E-state index contributed by atoms with van der Waals surface area (Å²) in [5.41, 5.74) is 4.14. The predicted molar refractivity (Wildman–Crippen MR) is 112 cm³/mol. The summed E-state index contributed by atoms with van der Waals surface area (Å²) in [4.78, 5) is 30.0. The molecule has 0 unspecified atom stereocenters. The SMILES string of the molecule is CCc1cccc(NC(=O)c2ccc3c(c2)N(CC)[C@H]2CCCCN2C3=O)c1. The van der Waals surface area contributed by atoms with E-state index in [0.717, 1.165) is 50.1 Å². The number of benzene rings is 2. The van der Waals surface area contributed by atoms with Crippen molar-refractivity contribution in [2.24, 2.45) is 0 Å². The van der Waals surface area contributed by atoms with Crippen molar-refractivity contribution in [3.8, 4) is 0 Å². The minimum atomic E-state index is -0.148. The molecular formula is C23H27N3O2. The van der Waals surface area contributed by atoms with Crippen LogP contribution in [0, 0.1) is 0 Å². The highest BCUT2D eigenvalue weighted by molar-refractivity contribution is 6.08. The molecule has 5 nitrogen and oxygen atoms in total. The fourth-order valence-corrected chi connectivity index (χ4v) is 4.33. The van der Waals surface area contributed by atoms with Gasteiger partial charge in [-0.3, -0.25) is 9.59 Å². The molecule has 0 spiro atoms. The molecule has 1 N–H and O–H groups in total. The number of nitrogens with one attached hydrogen (secondary N) is 1. The molecule has 2 aromatic rings. The highest BCUT2D eigenvalue weighted by Gasteiger charge is 2.38. The van der Waals surface area contributed by atoms with Gasteiger partial charge in [-0.05, 0) is 68.5 Å². The molecule has 2 heterocycles. The molecule has 0 saturated carbocycles. The van der Waals surface area contributed by atoms with Gasteiger partial charge < -0.3 is 15.1 Å². The number of anilines is 2. The molecule has 0 radical (unpaired) electrons. The van der Waals surface area contributed by atoms with Crippen LogP contribution in [-0.2, 0) is 6.42 Å². The maximum atomic E-state index is 13.0. The first-order valence-corrected chi connectivity index (χ1v) is 10.2. The van der Waals surface area contributed by atoms with Crippen LogP contribution in [0.15, 0.2) is 42.5 Å². The van der Waals surface area contributed by atoms with Gasteiger partial charge in [-0.25, -0.2) is 0 Å². The maximum absolute atomic E-state index is 13.0. The van der Waals surface area contributed by atoms with Crippen LogP contribution in [0.4, 0.5) is 11.4 Å². The van der Waals surface area contributed by atoms with Gasteiger partial charge in [0, 0.05) is 24.3 Å². The van der Waals surface area contributed by atoms with Gasteiger partial charge in [-0.2, -0.15) is 0 Å². The zero-order valence-corrected chi connectivity index (χ0v) is 16.6. The average molecular weight is 377 g/mol. The van der Waals surface area contributed by atoms with E-state index < -0.39 is 0 Å². The quantitative estimate of drug-likeness (QED) is 0.865. The lowest BCUT2D eigenvalue weighted by atomic mass is 9.97. The summed E-state index contributed by atoms with van der Waals surface area (Å²) >= 11 is 0. The molecule has 5 heteroatoms. The van der Waals surface area contributed by atoms with Crippen LogP contribution < -0.4 is 10.2 Å². The lowest BCUT2D eigenvalue weighted by molar-refractivity contribution is 0.0582. The van der Waals surface area contributed by atoms with Gasteiger partial charge in [0.25, 0.3) is 11.8 Å². The van der Waals surface area contributed by atoms with E-state index in [4.69, 9.17) is 0 Å². The molecule has 0 bridgehead atoms. The molecule has 1 saturated heterocycles. The predicted octanol–water partition coefficient (Wildman–Crippen LogP) is 4.29. The Balaban J connectivity index is 1.64. The van der Waals surface area contributed by atoms with Crippen molar-refractivity contribution in [2.45, 2.75) is 45.7 Å². The third-order valence-electron chi connectivity index (χ3n) is 5.83. The number of carbonyl (C=O) groups is 2. The smallest absolute Gasteiger partial charge is 0.257 e. The molecule has 2 aliphatic rings. The van der Waals surface area contributed by atoms with Crippen molar-refractivity contribution in [3.63, 3.8) is 0 Å². The molecule has 4 rings (SSSR count). The Labute approximate surface area is 166 Å². The lowest BCUT2D eigenvalue weighted by Gasteiger charge is -2.47. The fourth-order valence-electron chi connectivity index (χ4n) is 4.33. The van der Waals surface area contributed by atoms with Gasteiger partial charge in [0.2, 0.25) is 0 Å². The van der Waals surface area contributed by atoms with Crippen LogP contribution in [0.5, 0.6) is 0 Å². The maximum Gasteiger partial charge on any atom is 0.257 e. The van der Waals surface area contributed by atoms with E-state index in [9.17, 15) is 9.59 Å². The summed E-state index contributed by atoms with van der Waals surface area (Å²) in [6.45, 7) is 5.82. The zero-order valence-electron chi connectivity index (χ0n) is 16.6. The molecule has 1 atom stereocenters. The van der Waals surface area contributed by atoms with E-state index in [2.05, 4.69) is 30.1 Å². The second kappa shape index (κ2) is 7.66. The van der Waals surface area contributed by atoms with Crippen molar-refractivity contribution in [1.82, 2.24) is 4.90 Å². The van der Waals surface area contributed by atoms with E-state index in [1.165, 1.54) is 5.56 Å². The third kappa shape index (κ3) is 3.26. The van der Waals surface area contributed by atoms with Crippen LogP contribution in [-0.4, -0.2) is 36.0 Å². The Morgan fingerprint density at radius 1 is 1.14 bits per heavy atom. The van der Waals surface area contributed by atoms with E-state index in [1.807, 2.05) is 35.2 Å². The first-order chi connectivity index (χ1) is 13.6. The second-order valence-corrected chi connectivity index (χ2v) is 7.50. The Morgan fingerprint density at radius 2 is 2.00 bits per heavy atom. The number of carbonyl (C=O) groups excluding carboxylic acids is 2. The van der Waals surface area contributed by atoms with Gasteiger partial charge in [0.1, 0.15) is 6.17 Å². The molecule has 28 heavy (non-hydrogen) atoms. The minimum Gasteiger partial charge on any atom is -0.351 e. The number of hydrogen-bond donors (Lipinski definition) is 1. The summed E-state index contributed by atoms with van der Waals surface area (Å²) in [5.74, 6) is -0.0577. The van der Waals surface area contributed by atoms with Crippen LogP contribution in [0.1, 0.15) is 59.4 Å². The minimum absolute atomic E-state index is 0.0898. The lowest BCUT2D eigenvalue weighted by Crippen LogP contribution is -2.57. The summed E-state index contributed by atoms with van der Waals surface area (Å²) < 4.78 is 0. The van der Waals surface area contributed by atoms with Gasteiger partial charge in [-0.15, -0.1) is 0 Å². The van der Waals surface area contributed by atoms with Gasteiger partial charge >= 0.3 is 0 Å². The molecule has 146 valence electrons. The monoisotopic (exact) mass is 377 g/mol. The number of aryl methyl sites for hydroxylation is 1. The van der Waals surface area contributed by atoms with Crippen molar-refractivity contribution >= 4 is 23.2 Å². The Kier molecular flexibility index (Phi) is 5.07. The average Bonchev–Trinajstić information content (AvgIpc) is 2.74. The van der Waals surface area contributed by atoms with Gasteiger partial charge in [0.05, 0.1) is 11.3 Å². The fraction of sp³-hybridized carbons (Fsp3) is 0.391. The topological polar surface area (TPSA) is 52.7 Å². The summed E-state index contributed by atoms with van der Waals surface area (Å²) in [6.07, 6.45) is 4.21. The highest BCUT2D eigenvalue weighted by Crippen LogP contribution is 2.35. The summed E-state index contributed by atoms with van der Waals surface area (Å²) in [5, 5.41) is 2.99. The molecule has 2 aromatic carbocycles. The van der Waals surface area contributed by atoms with Crippen molar-refractivity contribution in [1.29, 1.82) is 0 Å². The second-order valence-electron chi connectivity index (χ2n) is 7.50. The number of fused-ring (bicyclic) bond motifs is 2. The summed E-state index contributed by atoms with van der Waals surface area (Å²) in [6, 6.07) is 13.3. The largest absolute Gasteiger partial charge is 0.351 e. The van der Waals surface area contributed by atoms with Crippen LogP contribution in [0.3, 0.4) is 0 Å². The van der Waals surface area contributed by atoms with Crippen LogP contribution >= 0.6 is 0 Å². The molecule has 2 aliphatic heterocycles. The standard InChI is InChI=1S/C23H27N3O2/c1-3-16-8-7-9-18(14-16)24-22(27)17-11-12-19-20(15-17)25(4-2)21-10-5-6-13-26(21)23(19)28/h7-9,11-12,14-15,21H,3-6,10,13H2,1-2H3,(H,24,27)/t21-/m1/s1. The van der Waals surface area contributed by atoms with E-state index >= 15 is 0 Å². The third-order valence-corrected chi connectivity index (χ3v) is 5.83. The molecule has 0 aromatic heterocycles. The zero-order chi connectivity index (χ0) is 19.7. The Morgan fingerprint density at radius 3 is 2.79 bits per heavy atom. The number of piperidine rings is 1. The molecule has 1 fully saturated rings. The highest BCUT2D eigenvalue weighted by atomic mass is 16.2. The molecule has 0 aliphatic carbocycles. The number of nitrogens with zero attached hydrogens (tertiary/aromatic N) is 2. The van der Waals surface area contributed by atoms with Gasteiger partial charge in [0.15, 0.2) is 0 Å². The first kappa shape index (κ1) is 18.5. The van der Waals surface area contributed by atoms with Crippen molar-refractivity contribution < 1.29 is 9.59 Å². The summed E-state index contributed by atoms with van der Waals surface area (Å²) in [7, 11) is 0. The number of hydrogen-bond acceptors (Lipinski definition) is 3. The van der Waals surface area contributed by atoms with Crippen LogP contribution in [0.25, 0.3) is 0 Å². The normalized spacial score (nSPS) is 18.5. The van der Waals surface area contributed by atoms with E-state index in [1.54, 1.807) is 6.07 Å². The number of amides is 2. The van der Waals surface area contributed by atoms with E-state index in [-0.39, 0.29) is 18.0 Å². The molecule has 2 amide bonds.